The number of ether oxygens (including phenoxy) is 1. The van der Waals surface area contributed by atoms with Crippen molar-refractivity contribution >= 4 is 34.0 Å². The van der Waals surface area contributed by atoms with Gasteiger partial charge in [-0.25, -0.2) is 0 Å². The van der Waals surface area contributed by atoms with Crippen molar-refractivity contribution < 1.29 is 9.53 Å². The van der Waals surface area contributed by atoms with E-state index in [0.717, 1.165) is 48.4 Å². The number of anilines is 1. The number of carbonyl (C=O) groups excluding carboxylic acids is 1. The van der Waals surface area contributed by atoms with Crippen LogP contribution in [0.2, 0.25) is 0 Å². The fourth-order valence-corrected chi connectivity index (χ4v) is 6.14. The maximum absolute atomic E-state index is 13.0. The summed E-state index contributed by atoms with van der Waals surface area (Å²) in [6, 6.07) is 10.0. The van der Waals surface area contributed by atoms with Crippen LogP contribution in [0.5, 0.6) is 5.75 Å². The lowest BCUT2D eigenvalue weighted by atomic mass is 10.1. The van der Waals surface area contributed by atoms with Gasteiger partial charge in [-0.2, -0.15) is 5.26 Å². The maximum atomic E-state index is 13.0. The fraction of sp³-hybridized carbons (Fsp3) is 0.417. The van der Waals surface area contributed by atoms with Crippen LogP contribution in [0.4, 0.5) is 5.00 Å². The molecule has 0 aliphatic heterocycles. The molecule has 9 heteroatoms. The van der Waals surface area contributed by atoms with E-state index in [0.29, 0.717) is 22.3 Å². The van der Waals surface area contributed by atoms with Crippen molar-refractivity contribution in [1.82, 2.24) is 14.8 Å². The van der Waals surface area contributed by atoms with Gasteiger partial charge in [-0.15, -0.1) is 21.5 Å². The average Bonchev–Trinajstić information content (AvgIpc) is 3.30. The van der Waals surface area contributed by atoms with Gasteiger partial charge < -0.3 is 14.6 Å². The molecule has 2 heterocycles. The van der Waals surface area contributed by atoms with Crippen LogP contribution in [-0.2, 0) is 24.2 Å². The Hall–Kier alpha value is -2.83. The first-order valence-corrected chi connectivity index (χ1v) is 12.8. The van der Waals surface area contributed by atoms with E-state index in [1.165, 1.54) is 23.1 Å². The zero-order chi connectivity index (χ0) is 23.4. The van der Waals surface area contributed by atoms with Crippen molar-refractivity contribution in [3.05, 3.63) is 40.3 Å². The summed E-state index contributed by atoms with van der Waals surface area (Å²) in [5, 5.41) is 22.4. The third-order valence-electron chi connectivity index (χ3n) is 5.80. The van der Waals surface area contributed by atoms with Crippen LogP contribution in [0.3, 0.4) is 0 Å². The van der Waals surface area contributed by atoms with Crippen LogP contribution in [0.25, 0.3) is 11.4 Å². The van der Waals surface area contributed by atoms with Crippen molar-refractivity contribution in [3.8, 4) is 23.2 Å². The SMILES string of the molecule is CCn1c(SC(C)C(=O)Nc2sc3c(c2C#N)CCCCC3)nnc1-c1ccc(OC)cc1. The predicted molar refractivity (Wildman–Crippen MR) is 132 cm³/mol. The van der Waals surface area contributed by atoms with Gasteiger partial charge >= 0.3 is 0 Å². The summed E-state index contributed by atoms with van der Waals surface area (Å²) >= 11 is 2.93. The van der Waals surface area contributed by atoms with E-state index >= 15 is 0 Å². The number of nitrogens with zero attached hydrogens (tertiary/aromatic N) is 4. The van der Waals surface area contributed by atoms with Crippen molar-refractivity contribution in [1.29, 1.82) is 5.26 Å². The quantitative estimate of drug-likeness (QED) is 0.364. The molecular formula is C24H27N5O2S2. The Morgan fingerprint density at radius 3 is 2.73 bits per heavy atom. The number of amides is 1. The Kier molecular flexibility index (Phi) is 7.36. The van der Waals surface area contributed by atoms with E-state index in [2.05, 4.69) is 21.6 Å². The van der Waals surface area contributed by atoms with Crippen LogP contribution >= 0.6 is 23.1 Å². The van der Waals surface area contributed by atoms with Gasteiger partial charge in [0.05, 0.1) is 17.9 Å². The predicted octanol–water partition coefficient (Wildman–Crippen LogP) is 5.29. The van der Waals surface area contributed by atoms with E-state index < -0.39 is 5.25 Å². The van der Waals surface area contributed by atoms with Crippen LogP contribution in [0.15, 0.2) is 29.4 Å². The highest BCUT2D eigenvalue weighted by Crippen LogP contribution is 2.37. The number of carbonyl (C=O) groups is 1. The molecule has 2 aromatic heterocycles. The smallest absolute Gasteiger partial charge is 0.238 e. The van der Waals surface area contributed by atoms with Gasteiger partial charge in [0.15, 0.2) is 11.0 Å². The minimum Gasteiger partial charge on any atom is -0.497 e. The third-order valence-corrected chi connectivity index (χ3v) is 8.09. The molecule has 172 valence electrons. The highest BCUT2D eigenvalue weighted by atomic mass is 32.2. The first-order chi connectivity index (χ1) is 16.0. The molecule has 1 atom stereocenters. The van der Waals surface area contributed by atoms with Crippen molar-refractivity contribution in [3.63, 3.8) is 0 Å². The molecule has 4 rings (SSSR count). The Morgan fingerprint density at radius 1 is 1.27 bits per heavy atom. The maximum Gasteiger partial charge on any atom is 0.238 e. The molecule has 1 unspecified atom stereocenters. The van der Waals surface area contributed by atoms with Gasteiger partial charge in [-0.05, 0) is 69.4 Å². The molecule has 1 N–H and O–H groups in total. The van der Waals surface area contributed by atoms with Crippen molar-refractivity contribution in [2.75, 3.05) is 12.4 Å². The van der Waals surface area contributed by atoms with Gasteiger partial charge in [-0.1, -0.05) is 18.2 Å². The molecule has 1 aromatic carbocycles. The van der Waals surface area contributed by atoms with Gasteiger partial charge in [-0.3, -0.25) is 4.79 Å². The number of nitrogens with one attached hydrogen (secondary N) is 1. The summed E-state index contributed by atoms with van der Waals surface area (Å²) in [6.07, 6.45) is 5.34. The Morgan fingerprint density at radius 2 is 2.03 bits per heavy atom. The second kappa shape index (κ2) is 10.4. The monoisotopic (exact) mass is 481 g/mol. The highest BCUT2D eigenvalue weighted by Gasteiger charge is 2.24. The second-order valence-electron chi connectivity index (χ2n) is 7.91. The first-order valence-electron chi connectivity index (χ1n) is 11.2. The van der Waals surface area contributed by atoms with Crippen molar-refractivity contribution in [2.24, 2.45) is 0 Å². The number of rotatable bonds is 7. The van der Waals surface area contributed by atoms with E-state index in [9.17, 15) is 10.1 Å². The second-order valence-corrected chi connectivity index (χ2v) is 10.3. The standard InChI is InChI=1S/C24H27N5O2S2/c1-4-29-21(16-10-12-17(31-3)13-11-16)27-28-24(29)32-15(2)22(30)26-23-19(14-25)18-8-6-5-7-9-20(18)33-23/h10-13,15H,4-9H2,1-3H3,(H,26,30). The summed E-state index contributed by atoms with van der Waals surface area (Å²) in [4.78, 5) is 14.3. The lowest BCUT2D eigenvalue weighted by molar-refractivity contribution is -0.115. The van der Waals surface area contributed by atoms with E-state index in [1.807, 2.05) is 42.7 Å². The lowest BCUT2D eigenvalue weighted by Crippen LogP contribution is -2.23. The minimum absolute atomic E-state index is 0.135. The molecule has 0 spiro atoms. The molecule has 0 fully saturated rings. The van der Waals surface area contributed by atoms with Crippen LogP contribution in [-0.4, -0.2) is 33.0 Å². The molecule has 0 saturated heterocycles. The molecule has 1 aliphatic rings. The van der Waals surface area contributed by atoms with Crippen LogP contribution < -0.4 is 10.1 Å². The summed E-state index contributed by atoms with van der Waals surface area (Å²) in [5.41, 5.74) is 2.71. The average molecular weight is 482 g/mol. The molecule has 0 saturated carbocycles. The Balaban J connectivity index is 1.50. The topological polar surface area (TPSA) is 92.8 Å². The van der Waals surface area contributed by atoms with Gasteiger partial charge in [0.25, 0.3) is 0 Å². The molecular weight excluding hydrogens is 454 g/mol. The number of thioether (sulfide) groups is 1. The largest absolute Gasteiger partial charge is 0.497 e. The van der Waals surface area contributed by atoms with E-state index in [1.54, 1.807) is 18.4 Å². The zero-order valence-corrected chi connectivity index (χ0v) is 20.7. The summed E-state index contributed by atoms with van der Waals surface area (Å²) < 4.78 is 7.24. The van der Waals surface area contributed by atoms with E-state index in [-0.39, 0.29) is 5.91 Å². The summed E-state index contributed by atoms with van der Waals surface area (Å²) in [5.74, 6) is 1.40. The minimum atomic E-state index is -0.392. The number of benzene rings is 1. The van der Waals surface area contributed by atoms with Gasteiger partial charge in [0.1, 0.15) is 16.8 Å². The van der Waals surface area contributed by atoms with Gasteiger partial charge in [0, 0.05) is 17.0 Å². The molecule has 7 nitrogen and oxygen atoms in total. The highest BCUT2D eigenvalue weighted by molar-refractivity contribution is 8.00. The van der Waals surface area contributed by atoms with Crippen molar-refractivity contribution in [2.45, 2.75) is 62.9 Å². The first kappa shape index (κ1) is 23.3. The summed E-state index contributed by atoms with van der Waals surface area (Å²) in [6.45, 7) is 4.57. The number of aromatic nitrogens is 3. The number of hydrogen-bond acceptors (Lipinski definition) is 7. The van der Waals surface area contributed by atoms with Crippen LogP contribution in [0, 0.1) is 11.3 Å². The Bertz CT molecular complexity index is 1180. The number of thiophene rings is 1. The number of fused-ring (bicyclic) bond motifs is 1. The molecule has 0 radical (unpaired) electrons. The van der Waals surface area contributed by atoms with Gasteiger partial charge in [0.2, 0.25) is 5.91 Å². The molecule has 3 aromatic rings. The lowest BCUT2D eigenvalue weighted by Gasteiger charge is -2.12. The van der Waals surface area contributed by atoms with E-state index in [4.69, 9.17) is 4.74 Å². The molecule has 1 aliphatic carbocycles. The summed E-state index contributed by atoms with van der Waals surface area (Å²) in [7, 11) is 1.64. The van der Waals surface area contributed by atoms with Crippen LogP contribution in [0.1, 0.15) is 49.1 Å². The number of hydrogen-bond donors (Lipinski definition) is 1. The number of methoxy groups -OCH3 is 1. The molecule has 33 heavy (non-hydrogen) atoms. The third kappa shape index (κ3) is 4.92. The molecule has 0 bridgehead atoms. The zero-order valence-electron chi connectivity index (χ0n) is 19.1. The molecule has 1 amide bonds. The fourth-order valence-electron chi connectivity index (χ4n) is 3.99. The number of nitriles is 1. The normalized spacial score (nSPS) is 14.1. The Labute approximate surface area is 202 Å². The number of aryl methyl sites for hydroxylation is 1.